The monoisotopic (exact) mass is 459 g/mol. The summed E-state index contributed by atoms with van der Waals surface area (Å²) in [7, 11) is 0. The zero-order valence-electron chi connectivity index (χ0n) is 18.5. The van der Waals surface area contributed by atoms with Crippen LogP contribution in [-0.2, 0) is 17.9 Å². The van der Waals surface area contributed by atoms with Crippen molar-refractivity contribution in [3.63, 3.8) is 0 Å². The van der Waals surface area contributed by atoms with Crippen LogP contribution in [0.2, 0.25) is 0 Å². The Kier molecular flexibility index (Phi) is 6.95. The van der Waals surface area contributed by atoms with Crippen LogP contribution in [0, 0.1) is 11.7 Å². The van der Waals surface area contributed by atoms with Crippen LogP contribution in [0.15, 0.2) is 73.1 Å². The molecule has 0 aliphatic rings. The molecular formula is C25H25N5O2S. The van der Waals surface area contributed by atoms with Gasteiger partial charge in [0.05, 0.1) is 6.04 Å². The summed E-state index contributed by atoms with van der Waals surface area (Å²) in [4.78, 5) is 16.9. The van der Waals surface area contributed by atoms with Gasteiger partial charge in [0, 0.05) is 23.5 Å². The Morgan fingerprint density at radius 1 is 1.18 bits per heavy atom. The molecule has 0 saturated carbocycles. The van der Waals surface area contributed by atoms with Crippen LogP contribution >= 0.6 is 12.2 Å². The fraction of sp³-hybridized carbons (Fsp3) is 0.200. The minimum atomic E-state index is -0.173. The van der Waals surface area contributed by atoms with Gasteiger partial charge in [-0.1, -0.05) is 42.0 Å². The van der Waals surface area contributed by atoms with Crippen LogP contribution in [0.25, 0.3) is 11.4 Å². The Hall–Kier alpha value is -3.78. The Morgan fingerprint density at radius 3 is 2.73 bits per heavy atom. The van der Waals surface area contributed by atoms with E-state index in [1.165, 1.54) is 0 Å². The zero-order valence-corrected chi connectivity index (χ0v) is 19.3. The molecule has 2 aromatic carbocycles. The van der Waals surface area contributed by atoms with Crippen molar-refractivity contribution >= 4 is 18.1 Å². The number of hydrogen-bond acceptors (Lipinski definition) is 5. The average Bonchev–Trinajstić information content (AvgIpc) is 3.18. The van der Waals surface area contributed by atoms with Crippen LogP contribution < -0.4 is 10.1 Å². The summed E-state index contributed by atoms with van der Waals surface area (Å²) in [6.45, 7) is 4.49. The molecular weight excluding hydrogens is 434 g/mol. The first-order valence-corrected chi connectivity index (χ1v) is 11.0. The van der Waals surface area contributed by atoms with Gasteiger partial charge in [0.2, 0.25) is 5.91 Å². The molecule has 0 bridgehead atoms. The molecule has 0 spiro atoms. The van der Waals surface area contributed by atoms with Crippen molar-refractivity contribution in [2.75, 3.05) is 0 Å². The predicted octanol–water partition coefficient (Wildman–Crippen LogP) is 4.77. The lowest BCUT2D eigenvalue weighted by Gasteiger charge is -2.16. The standard InChI is InChI=1S/C25H25N5O2S/c1-17-5-3-7-21(13-17)24-28-29-25(33)30(24)15-23(31)27-18(2)20-8-10-22(11-9-20)32-16-19-6-4-12-26-14-19/h3-14,18H,15-16H2,1-2H3,(H,27,31)(H,29,33). The number of nitrogens with zero attached hydrogens (tertiary/aromatic N) is 3. The van der Waals surface area contributed by atoms with Crippen molar-refractivity contribution in [3.05, 3.63) is 94.5 Å². The van der Waals surface area contributed by atoms with Crippen molar-refractivity contribution in [3.8, 4) is 17.1 Å². The number of amides is 1. The lowest BCUT2D eigenvalue weighted by atomic mass is 10.1. The third-order valence-electron chi connectivity index (χ3n) is 5.22. The highest BCUT2D eigenvalue weighted by Crippen LogP contribution is 2.20. The second-order valence-electron chi connectivity index (χ2n) is 7.82. The van der Waals surface area contributed by atoms with E-state index in [4.69, 9.17) is 17.0 Å². The average molecular weight is 460 g/mol. The van der Waals surface area contributed by atoms with Gasteiger partial charge in [0.25, 0.3) is 0 Å². The summed E-state index contributed by atoms with van der Waals surface area (Å²) in [5.74, 6) is 1.25. The number of hydrogen-bond donors (Lipinski definition) is 2. The van der Waals surface area contributed by atoms with Crippen LogP contribution in [-0.4, -0.2) is 25.7 Å². The molecule has 2 heterocycles. The van der Waals surface area contributed by atoms with Crippen molar-refractivity contribution in [2.24, 2.45) is 0 Å². The lowest BCUT2D eigenvalue weighted by Crippen LogP contribution is -2.30. The van der Waals surface area contributed by atoms with Crippen molar-refractivity contribution < 1.29 is 9.53 Å². The maximum absolute atomic E-state index is 12.8. The summed E-state index contributed by atoms with van der Waals surface area (Å²) in [5.41, 5.74) is 4.00. The molecule has 0 saturated heterocycles. The largest absolute Gasteiger partial charge is 0.489 e. The highest BCUT2D eigenvalue weighted by atomic mass is 32.1. The number of ether oxygens (including phenoxy) is 1. The summed E-state index contributed by atoms with van der Waals surface area (Å²) in [6.07, 6.45) is 3.51. The van der Waals surface area contributed by atoms with Crippen LogP contribution in [0.4, 0.5) is 0 Å². The molecule has 168 valence electrons. The molecule has 0 radical (unpaired) electrons. The minimum absolute atomic E-state index is 0.0786. The first-order valence-electron chi connectivity index (χ1n) is 10.6. The molecule has 1 atom stereocenters. The molecule has 33 heavy (non-hydrogen) atoms. The number of H-pyrrole nitrogens is 1. The molecule has 0 aliphatic heterocycles. The van der Waals surface area contributed by atoms with E-state index in [9.17, 15) is 4.79 Å². The van der Waals surface area contributed by atoms with Crippen molar-refractivity contribution in [1.29, 1.82) is 0 Å². The van der Waals surface area contributed by atoms with Gasteiger partial charge in [-0.15, -0.1) is 0 Å². The molecule has 1 amide bonds. The number of rotatable bonds is 8. The van der Waals surface area contributed by atoms with E-state index in [0.29, 0.717) is 17.2 Å². The molecule has 2 aromatic heterocycles. The second-order valence-corrected chi connectivity index (χ2v) is 8.20. The van der Waals surface area contributed by atoms with Gasteiger partial charge in [-0.2, -0.15) is 5.10 Å². The van der Waals surface area contributed by atoms with Gasteiger partial charge in [0.15, 0.2) is 10.6 Å². The van der Waals surface area contributed by atoms with Gasteiger partial charge >= 0.3 is 0 Å². The molecule has 8 heteroatoms. The Labute approximate surface area is 197 Å². The number of aryl methyl sites for hydroxylation is 1. The van der Waals surface area contributed by atoms with Crippen molar-refractivity contribution in [2.45, 2.75) is 33.0 Å². The maximum atomic E-state index is 12.8. The molecule has 0 fully saturated rings. The number of aromatic amines is 1. The Bertz CT molecular complexity index is 1280. The van der Waals surface area contributed by atoms with Crippen LogP contribution in [0.5, 0.6) is 5.75 Å². The SMILES string of the molecule is Cc1cccc(-c2n[nH]c(=S)n2CC(=O)NC(C)c2ccc(OCc3cccnc3)cc2)c1. The predicted molar refractivity (Wildman–Crippen MR) is 129 cm³/mol. The number of pyridine rings is 1. The van der Waals surface area contributed by atoms with E-state index in [-0.39, 0.29) is 18.5 Å². The molecule has 7 nitrogen and oxygen atoms in total. The van der Waals surface area contributed by atoms with Gasteiger partial charge < -0.3 is 10.1 Å². The summed E-state index contributed by atoms with van der Waals surface area (Å²) < 4.78 is 7.92. The van der Waals surface area contributed by atoms with E-state index >= 15 is 0 Å². The lowest BCUT2D eigenvalue weighted by molar-refractivity contribution is -0.122. The Balaban J connectivity index is 1.37. The van der Waals surface area contributed by atoms with Gasteiger partial charge in [-0.3, -0.25) is 19.4 Å². The highest BCUT2D eigenvalue weighted by molar-refractivity contribution is 7.71. The summed E-state index contributed by atoms with van der Waals surface area (Å²) in [5, 5.41) is 10.1. The minimum Gasteiger partial charge on any atom is -0.489 e. The van der Waals surface area contributed by atoms with E-state index in [2.05, 4.69) is 20.5 Å². The number of aromatic nitrogens is 4. The van der Waals surface area contributed by atoms with Crippen molar-refractivity contribution in [1.82, 2.24) is 25.1 Å². The first-order chi connectivity index (χ1) is 16.0. The molecule has 4 rings (SSSR count). The van der Waals surface area contributed by atoms with E-state index in [0.717, 1.165) is 28.0 Å². The van der Waals surface area contributed by atoms with Gasteiger partial charge in [-0.25, -0.2) is 0 Å². The molecule has 0 aliphatic carbocycles. The maximum Gasteiger partial charge on any atom is 0.240 e. The number of carbonyl (C=O) groups excluding carboxylic acids is 1. The van der Waals surface area contributed by atoms with Gasteiger partial charge in [-0.05, 0) is 55.9 Å². The highest BCUT2D eigenvalue weighted by Gasteiger charge is 2.15. The number of benzene rings is 2. The number of carbonyl (C=O) groups is 1. The second kappa shape index (κ2) is 10.2. The topological polar surface area (TPSA) is 84.8 Å². The Morgan fingerprint density at radius 2 is 2.00 bits per heavy atom. The fourth-order valence-corrected chi connectivity index (χ4v) is 3.68. The molecule has 2 N–H and O–H groups in total. The first kappa shape index (κ1) is 22.4. The third-order valence-corrected chi connectivity index (χ3v) is 5.53. The number of nitrogens with one attached hydrogen (secondary N) is 2. The smallest absolute Gasteiger partial charge is 0.240 e. The fourth-order valence-electron chi connectivity index (χ4n) is 3.49. The van der Waals surface area contributed by atoms with E-state index in [1.54, 1.807) is 17.0 Å². The van der Waals surface area contributed by atoms with Gasteiger partial charge in [0.1, 0.15) is 18.9 Å². The van der Waals surface area contributed by atoms with E-state index in [1.807, 2.05) is 74.5 Å². The van der Waals surface area contributed by atoms with Crippen LogP contribution in [0.3, 0.4) is 0 Å². The summed E-state index contributed by atoms with van der Waals surface area (Å²) >= 11 is 5.35. The normalized spacial score (nSPS) is 11.7. The van der Waals surface area contributed by atoms with E-state index < -0.39 is 0 Å². The zero-order chi connectivity index (χ0) is 23.2. The van der Waals surface area contributed by atoms with Crippen LogP contribution in [0.1, 0.15) is 29.7 Å². The molecule has 4 aromatic rings. The quantitative estimate of drug-likeness (QED) is 0.371. The third kappa shape index (κ3) is 5.72. The summed E-state index contributed by atoms with van der Waals surface area (Å²) in [6, 6.07) is 19.3. The molecule has 1 unspecified atom stereocenters.